The molecule has 1 heterocycles. The number of sulfonamides is 1. The molecule has 2 N–H and O–H groups in total. The summed E-state index contributed by atoms with van der Waals surface area (Å²) in [5, 5.41) is 0.0984. The van der Waals surface area contributed by atoms with Crippen LogP contribution in [0, 0.1) is 5.92 Å². The first-order valence-corrected chi connectivity index (χ1v) is 8.06. The lowest BCUT2D eigenvalue weighted by Gasteiger charge is -2.32. The van der Waals surface area contributed by atoms with Crippen LogP contribution in [0.3, 0.4) is 0 Å². The molecule has 0 atom stereocenters. The number of nitrogen functional groups attached to an aromatic ring is 1. The van der Waals surface area contributed by atoms with E-state index in [4.69, 9.17) is 17.3 Å². The highest BCUT2D eigenvalue weighted by molar-refractivity contribution is 7.89. The molecule has 1 aromatic carbocycles. The van der Waals surface area contributed by atoms with Crippen molar-refractivity contribution >= 4 is 27.3 Å². The Morgan fingerprint density at radius 3 is 2.29 bits per heavy atom. The lowest BCUT2D eigenvalue weighted by atomic mass is 9.98. The first-order chi connectivity index (χ1) is 9.62. The maximum absolute atomic E-state index is 12.6. The predicted molar refractivity (Wildman–Crippen MR) is 73.4 cm³/mol. The van der Waals surface area contributed by atoms with Gasteiger partial charge in [0.1, 0.15) is 0 Å². The molecule has 118 valence electrons. The zero-order valence-corrected chi connectivity index (χ0v) is 12.5. The number of nitrogens with two attached hydrogens (primary N) is 1. The molecular formula is C12H14ClF3N2O2S. The Bertz CT molecular complexity index is 626. The standard InChI is InChI=1S/C12H14ClF3N2O2S/c13-10-7-9(1-2-11(10)17)21(19,20)18-5-3-8(4-6-18)12(14,15)16/h1-2,7-8H,3-6,17H2. The molecule has 0 aliphatic carbocycles. The zero-order chi connectivity index (χ0) is 15.8. The van der Waals surface area contributed by atoms with Crippen molar-refractivity contribution in [2.75, 3.05) is 18.8 Å². The fourth-order valence-corrected chi connectivity index (χ4v) is 3.98. The van der Waals surface area contributed by atoms with E-state index in [9.17, 15) is 21.6 Å². The Kier molecular flexibility index (Phi) is 4.41. The van der Waals surface area contributed by atoms with Gasteiger partial charge in [-0.1, -0.05) is 11.6 Å². The van der Waals surface area contributed by atoms with Crippen LogP contribution in [0.2, 0.25) is 5.02 Å². The molecule has 0 spiro atoms. The van der Waals surface area contributed by atoms with Crippen LogP contribution in [0.5, 0.6) is 0 Å². The molecule has 0 aromatic heterocycles. The van der Waals surface area contributed by atoms with E-state index in [0.717, 1.165) is 4.31 Å². The summed E-state index contributed by atoms with van der Waals surface area (Å²) in [4.78, 5) is -0.0628. The number of hydrogen-bond donors (Lipinski definition) is 1. The molecule has 2 rings (SSSR count). The van der Waals surface area contributed by atoms with E-state index in [-0.39, 0.29) is 41.5 Å². The molecule has 1 fully saturated rings. The molecule has 0 bridgehead atoms. The summed E-state index contributed by atoms with van der Waals surface area (Å²) in [7, 11) is -3.84. The maximum atomic E-state index is 12.6. The molecule has 0 unspecified atom stereocenters. The van der Waals surface area contributed by atoms with Crippen molar-refractivity contribution in [3.8, 4) is 0 Å². The van der Waals surface area contributed by atoms with Gasteiger partial charge in [0.2, 0.25) is 10.0 Å². The van der Waals surface area contributed by atoms with Gasteiger partial charge in [-0.05, 0) is 31.0 Å². The summed E-state index contributed by atoms with van der Waals surface area (Å²) in [6.45, 7) is -0.316. The molecular weight excluding hydrogens is 329 g/mol. The summed E-state index contributed by atoms with van der Waals surface area (Å²) in [5.74, 6) is -1.45. The number of rotatable bonds is 2. The number of anilines is 1. The minimum Gasteiger partial charge on any atom is -0.398 e. The molecule has 0 saturated carbocycles. The molecule has 0 amide bonds. The topological polar surface area (TPSA) is 63.4 Å². The molecule has 9 heteroatoms. The first-order valence-electron chi connectivity index (χ1n) is 6.24. The first kappa shape index (κ1) is 16.4. The van der Waals surface area contributed by atoms with Crippen LogP contribution < -0.4 is 5.73 Å². The number of alkyl halides is 3. The summed E-state index contributed by atoms with van der Waals surface area (Å²) < 4.78 is 63.5. The van der Waals surface area contributed by atoms with E-state index in [1.165, 1.54) is 18.2 Å². The second kappa shape index (κ2) is 5.66. The van der Waals surface area contributed by atoms with Gasteiger partial charge in [-0.2, -0.15) is 17.5 Å². The molecule has 1 aliphatic rings. The van der Waals surface area contributed by atoms with Crippen molar-refractivity contribution in [1.29, 1.82) is 0 Å². The average molecular weight is 343 g/mol. The van der Waals surface area contributed by atoms with Gasteiger partial charge in [-0.3, -0.25) is 0 Å². The Morgan fingerprint density at radius 1 is 1.24 bits per heavy atom. The number of nitrogens with zero attached hydrogens (tertiary/aromatic N) is 1. The Morgan fingerprint density at radius 2 is 1.81 bits per heavy atom. The van der Waals surface area contributed by atoms with Crippen molar-refractivity contribution in [3.05, 3.63) is 23.2 Å². The smallest absolute Gasteiger partial charge is 0.391 e. The summed E-state index contributed by atoms with van der Waals surface area (Å²) in [6, 6.07) is 3.87. The summed E-state index contributed by atoms with van der Waals surface area (Å²) >= 11 is 5.79. The van der Waals surface area contributed by atoms with Crippen LogP contribution in [0.15, 0.2) is 23.1 Å². The number of piperidine rings is 1. The SMILES string of the molecule is Nc1ccc(S(=O)(=O)N2CCC(C(F)(F)F)CC2)cc1Cl. The van der Waals surface area contributed by atoms with E-state index < -0.39 is 22.1 Å². The van der Waals surface area contributed by atoms with Crippen LogP contribution in [0.4, 0.5) is 18.9 Å². The summed E-state index contributed by atoms with van der Waals surface area (Å²) in [5.41, 5.74) is 5.75. The quantitative estimate of drug-likeness (QED) is 0.840. The molecule has 21 heavy (non-hydrogen) atoms. The lowest BCUT2D eigenvalue weighted by molar-refractivity contribution is -0.182. The van der Waals surface area contributed by atoms with E-state index >= 15 is 0 Å². The van der Waals surface area contributed by atoms with Crippen molar-refractivity contribution in [2.24, 2.45) is 5.92 Å². The van der Waals surface area contributed by atoms with Gasteiger partial charge in [0, 0.05) is 13.1 Å². The van der Waals surface area contributed by atoms with Gasteiger partial charge in [-0.25, -0.2) is 8.42 Å². The third-order valence-electron chi connectivity index (χ3n) is 3.53. The monoisotopic (exact) mass is 342 g/mol. The maximum Gasteiger partial charge on any atom is 0.391 e. The van der Waals surface area contributed by atoms with Crippen molar-refractivity contribution < 1.29 is 21.6 Å². The fraction of sp³-hybridized carbons (Fsp3) is 0.500. The average Bonchev–Trinajstić information content (AvgIpc) is 2.41. The molecule has 0 radical (unpaired) electrons. The van der Waals surface area contributed by atoms with Crippen molar-refractivity contribution in [2.45, 2.75) is 23.9 Å². The highest BCUT2D eigenvalue weighted by atomic mass is 35.5. The Hall–Kier alpha value is -0.990. The molecule has 1 aliphatic heterocycles. The van der Waals surface area contributed by atoms with Crippen LogP contribution in [0.1, 0.15) is 12.8 Å². The predicted octanol–water partition coefficient (Wildman–Crippen LogP) is 2.89. The minimum absolute atomic E-state index is 0.0628. The van der Waals surface area contributed by atoms with Gasteiger partial charge in [0.05, 0.1) is 21.5 Å². The second-order valence-corrected chi connectivity index (χ2v) is 7.25. The third kappa shape index (κ3) is 3.44. The van der Waals surface area contributed by atoms with E-state index in [1.807, 2.05) is 0 Å². The van der Waals surface area contributed by atoms with Gasteiger partial charge < -0.3 is 5.73 Å². The van der Waals surface area contributed by atoms with Crippen molar-refractivity contribution in [3.63, 3.8) is 0 Å². The van der Waals surface area contributed by atoms with Gasteiger partial charge in [0.15, 0.2) is 0 Å². The number of benzene rings is 1. The van der Waals surface area contributed by atoms with E-state index in [2.05, 4.69) is 0 Å². The van der Waals surface area contributed by atoms with E-state index in [1.54, 1.807) is 0 Å². The largest absolute Gasteiger partial charge is 0.398 e. The Balaban J connectivity index is 2.17. The van der Waals surface area contributed by atoms with Crippen LogP contribution in [-0.4, -0.2) is 32.0 Å². The number of halogens is 4. The molecule has 1 saturated heterocycles. The Labute approximate surface area is 125 Å². The number of hydrogen-bond acceptors (Lipinski definition) is 3. The highest BCUT2D eigenvalue weighted by Gasteiger charge is 2.43. The van der Waals surface area contributed by atoms with Crippen LogP contribution in [0.25, 0.3) is 0 Å². The van der Waals surface area contributed by atoms with Crippen LogP contribution in [-0.2, 0) is 10.0 Å². The molecule has 1 aromatic rings. The van der Waals surface area contributed by atoms with Gasteiger partial charge in [-0.15, -0.1) is 0 Å². The third-order valence-corrected chi connectivity index (χ3v) is 5.75. The van der Waals surface area contributed by atoms with Gasteiger partial charge in [0.25, 0.3) is 0 Å². The summed E-state index contributed by atoms with van der Waals surface area (Å²) in [6.07, 6.45) is -4.74. The van der Waals surface area contributed by atoms with E-state index in [0.29, 0.717) is 0 Å². The normalized spacial score (nSPS) is 18.9. The lowest BCUT2D eigenvalue weighted by Crippen LogP contribution is -2.42. The second-order valence-electron chi connectivity index (χ2n) is 4.90. The van der Waals surface area contributed by atoms with Crippen LogP contribution >= 0.6 is 11.6 Å². The molecule has 4 nitrogen and oxygen atoms in total. The zero-order valence-electron chi connectivity index (χ0n) is 10.9. The van der Waals surface area contributed by atoms with Crippen molar-refractivity contribution in [1.82, 2.24) is 4.31 Å². The highest BCUT2D eigenvalue weighted by Crippen LogP contribution is 2.35. The van der Waals surface area contributed by atoms with Gasteiger partial charge >= 0.3 is 6.18 Å². The fourth-order valence-electron chi connectivity index (χ4n) is 2.24. The minimum atomic E-state index is -4.28.